The summed E-state index contributed by atoms with van der Waals surface area (Å²) in [7, 11) is 0. The molecular weight excluding hydrogens is 330 g/mol. The van der Waals surface area contributed by atoms with Crippen molar-refractivity contribution in [3.05, 3.63) is 60.2 Å². The first-order valence-electron chi connectivity index (χ1n) is 8.97. The molecule has 1 N–H and O–H groups in total. The van der Waals surface area contributed by atoms with Gasteiger partial charge in [-0.3, -0.25) is 9.59 Å². The first-order valence-corrected chi connectivity index (χ1v) is 8.97. The number of hydrogen-bond donors (Lipinski definition) is 1. The molecule has 0 heterocycles. The molecule has 1 atom stereocenters. The smallest absolute Gasteiger partial charge is 0.310 e. The molecule has 1 aliphatic carbocycles. The van der Waals surface area contributed by atoms with Gasteiger partial charge in [-0.25, -0.2) is 0 Å². The zero-order valence-electron chi connectivity index (χ0n) is 14.8. The van der Waals surface area contributed by atoms with E-state index in [4.69, 9.17) is 9.47 Å². The fourth-order valence-electron chi connectivity index (χ4n) is 2.81. The number of nitrogens with one attached hydrogen (secondary N) is 1. The van der Waals surface area contributed by atoms with E-state index in [1.807, 2.05) is 37.3 Å². The SMILES string of the molecule is CCOc1ccccc1NC(=O)C(OC(=O)C1CCC1)c1ccccc1. The number of hydrogen-bond acceptors (Lipinski definition) is 4. The summed E-state index contributed by atoms with van der Waals surface area (Å²) in [5, 5.41) is 2.83. The maximum absolute atomic E-state index is 12.9. The molecule has 136 valence electrons. The highest BCUT2D eigenvalue weighted by Crippen LogP contribution is 2.31. The Morgan fingerprint density at radius 1 is 1.08 bits per heavy atom. The summed E-state index contributed by atoms with van der Waals surface area (Å²) in [4.78, 5) is 25.2. The molecule has 2 aromatic rings. The predicted octanol–water partition coefficient (Wildman–Crippen LogP) is 4.11. The molecule has 0 aromatic heterocycles. The normalized spacial score (nSPS) is 14.8. The average molecular weight is 353 g/mol. The standard InChI is InChI=1S/C21H23NO4/c1-2-25-18-14-7-6-13-17(18)22-20(23)19(15-9-4-3-5-10-15)26-21(24)16-11-8-12-16/h3-7,9-10,13-14,16,19H,2,8,11-12H2,1H3,(H,22,23). The van der Waals surface area contributed by atoms with Gasteiger partial charge in [0.05, 0.1) is 18.2 Å². The van der Waals surface area contributed by atoms with Crippen molar-refractivity contribution in [1.82, 2.24) is 0 Å². The van der Waals surface area contributed by atoms with Gasteiger partial charge < -0.3 is 14.8 Å². The van der Waals surface area contributed by atoms with Crippen LogP contribution in [0.5, 0.6) is 5.75 Å². The van der Waals surface area contributed by atoms with Crippen molar-refractivity contribution in [2.45, 2.75) is 32.3 Å². The summed E-state index contributed by atoms with van der Waals surface area (Å²) >= 11 is 0. The maximum atomic E-state index is 12.9. The third-order valence-electron chi connectivity index (χ3n) is 4.46. The fourth-order valence-corrected chi connectivity index (χ4v) is 2.81. The van der Waals surface area contributed by atoms with Gasteiger partial charge in [-0.05, 0) is 31.9 Å². The molecule has 5 heteroatoms. The lowest BCUT2D eigenvalue weighted by atomic mass is 9.85. The molecule has 0 spiro atoms. The van der Waals surface area contributed by atoms with Gasteiger partial charge in [0.15, 0.2) is 0 Å². The van der Waals surface area contributed by atoms with Crippen LogP contribution >= 0.6 is 0 Å². The molecule has 3 rings (SSSR count). The molecule has 0 aliphatic heterocycles. The van der Waals surface area contributed by atoms with Crippen molar-refractivity contribution in [1.29, 1.82) is 0 Å². The number of esters is 1. The molecule has 1 saturated carbocycles. The topological polar surface area (TPSA) is 64.6 Å². The van der Waals surface area contributed by atoms with Crippen LogP contribution in [-0.2, 0) is 14.3 Å². The van der Waals surface area contributed by atoms with Gasteiger partial charge in [0, 0.05) is 5.56 Å². The summed E-state index contributed by atoms with van der Waals surface area (Å²) in [6.07, 6.45) is 1.70. The lowest BCUT2D eigenvalue weighted by Crippen LogP contribution is -2.31. The summed E-state index contributed by atoms with van der Waals surface area (Å²) in [5.74, 6) is -0.209. The summed E-state index contributed by atoms with van der Waals surface area (Å²) < 4.78 is 11.1. The molecule has 26 heavy (non-hydrogen) atoms. The molecular formula is C21H23NO4. The molecule has 2 aromatic carbocycles. The van der Waals surface area contributed by atoms with Crippen LogP contribution in [0, 0.1) is 5.92 Å². The second-order valence-electron chi connectivity index (χ2n) is 6.27. The molecule has 0 saturated heterocycles. The maximum Gasteiger partial charge on any atom is 0.310 e. The van der Waals surface area contributed by atoms with Crippen molar-refractivity contribution in [3.63, 3.8) is 0 Å². The van der Waals surface area contributed by atoms with E-state index in [1.54, 1.807) is 24.3 Å². The second kappa shape index (κ2) is 8.52. The lowest BCUT2D eigenvalue weighted by molar-refractivity contribution is -0.161. The minimum absolute atomic E-state index is 0.0928. The van der Waals surface area contributed by atoms with Gasteiger partial charge in [0.1, 0.15) is 5.75 Å². The van der Waals surface area contributed by atoms with Crippen LogP contribution in [0.1, 0.15) is 37.9 Å². The first-order chi connectivity index (χ1) is 12.7. The predicted molar refractivity (Wildman–Crippen MR) is 98.9 cm³/mol. The van der Waals surface area contributed by atoms with Gasteiger partial charge in [-0.1, -0.05) is 48.9 Å². The quantitative estimate of drug-likeness (QED) is 0.761. The molecule has 1 aliphatic rings. The van der Waals surface area contributed by atoms with E-state index in [1.165, 1.54) is 0 Å². The minimum atomic E-state index is -0.987. The van der Waals surface area contributed by atoms with Crippen LogP contribution in [0.15, 0.2) is 54.6 Å². The number of ether oxygens (including phenoxy) is 2. The van der Waals surface area contributed by atoms with Crippen molar-refractivity contribution < 1.29 is 19.1 Å². The van der Waals surface area contributed by atoms with Crippen LogP contribution in [0.25, 0.3) is 0 Å². The van der Waals surface area contributed by atoms with Crippen LogP contribution in [-0.4, -0.2) is 18.5 Å². The number of anilines is 1. The van der Waals surface area contributed by atoms with E-state index in [0.29, 0.717) is 23.6 Å². The van der Waals surface area contributed by atoms with Crippen LogP contribution in [0.3, 0.4) is 0 Å². The zero-order chi connectivity index (χ0) is 18.4. The highest BCUT2D eigenvalue weighted by Gasteiger charge is 2.32. The summed E-state index contributed by atoms with van der Waals surface area (Å²) in [5.41, 5.74) is 1.20. The molecule has 1 fully saturated rings. The highest BCUT2D eigenvalue weighted by molar-refractivity contribution is 5.97. The van der Waals surface area contributed by atoms with Crippen molar-refractivity contribution in [2.24, 2.45) is 5.92 Å². The Morgan fingerprint density at radius 3 is 2.42 bits per heavy atom. The van der Waals surface area contributed by atoms with Gasteiger partial charge in [-0.15, -0.1) is 0 Å². The van der Waals surface area contributed by atoms with E-state index in [0.717, 1.165) is 19.3 Å². The Bertz CT molecular complexity index is 756. The molecule has 0 bridgehead atoms. The van der Waals surface area contributed by atoms with Crippen molar-refractivity contribution >= 4 is 17.6 Å². The van der Waals surface area contributed by atoms with Gasteiger partial charge in [-0.2, -0.15) is 0 Å². The number of para-hydroxylation sites is 2. The fraction of sp³-hybridized carbons (Fsp3) is 0.333. The van der Waals surface area contributed by atoms with E-state index < -0.39 is 12.0 Å². The number of benzene rings is 2. The van der Waals surface area contributed by atoms with Gasteiger partial charge >= 0.3 is 5.97 Å². The number of carbonyl (C=O) groups is 2. The summed E-state index contributed by atoms with van der Waals surface area (Å²) in [6.45, 7) is 2.37. The van der Waals surface area contributed by atoms with E-state index in [-0.39, 0.29) is 11.9 Å². The monoisotopic (exact) mass is 353 g/mol. The van der Waals surface area contributed by atoms with Gasteiger partial charge in [0.25, 0.3) is 5.91 Å². The lowest BCUT2D eigenvalue weighted by Gasteiger charge is -2.26. The Labute approximate surface area is 153 Å². The van der Waals surface area contributed by atoms with Crippen molar-refractivity contribution in [3.8, 4) is 5.75 Å². The Morgan fingerprint density at radius 2 is 1.77 bits per heavy atom. The Balaban J connectivity index is 1.79. The molecule has 1 unspecified atom stereocenters. The minimum Gasteiger partial charge on any atom is -0.492 e. The molecule has 5 nitrogen and oxygen atoms in total. The van der Waals surface area contributed by atoms with Crippen LogP contribution in [0.4, 0.5) is 5.69 Å². The van der Waals surface area contributed by atoms with Crippen LogP contribution in [0.2, 0.25) is 0 Å². The van der Waals surface area contributed by atoms with Crippen molar-refractivity contribution in [2.75, 3.05) is 11.9 Å². The van der Waals surface area contributed by atoms with Gasteiger partial charge in [0.2, 0.25) is 6.10 Å². The third-order valence-corrected chi connectivity index (χ3v) is 4.46. The second-order valence-corrected chi connectivity index (χ2v) is 6.27. The van der Waals surface area contributed by atoms with E-state index in [2.05, 4.69) is 5.32 Å². The molecule has 1 amide bonds. The number of carbonyl (C=O) groups excluding carboxylic acids is 2. The van der Waals surface area contributed by atoms with E-state index >= 15 is 0 Å². The Hall–Kier alpha value is -2.82. The van der Waals surface area contributed by atoms with E-state index in [9.17, 15) is 9.59 Å². The Kier molecular flexibility index (Phi) is 5.89. The largest absolute Gasteiger partial charge is 0.492 e. The average Bonchev–Trinajstić information content (AvgIpc) is 2.61. The number of amides is 1. The third kappa shape index (κ3) is 4.23. The zero-order valence-corrected chi connectivity index (χ0v) is 14.8. The molecule has 0 radical (unpaired) electrons. The summed E-state index contributed by atoms with van der Waals surface area (Å²) in [6, 6.07) is 16.3. The van der Waals surface area contributed by atoms with Crippen LogP contribution < -0.4 is 10.1 Å². The first kappa shape index (κ1) is 18.0. The highest BCUT2D eigenvalue weighted by atomic mass is 16.5. The number of rotatable bonds is 7.